The number of rotatable bonds is 8. The third kappa shape index (κ3) is 5.51. The zero-order valence-electron chi connectivity index (χ0n) is 19.0. The molecule has 1 heterocycles. The van der Waals surface area contributed by atoms with Gasteiger partial charge in [-0.1, -0.05) is 48.5 Å². The number of carboxylic acid groups (broad SMARTS) is 1. The molecule has 0 spiro atoms. The Bertz CT molecular complexity index is 1230. The van der Waals surface area contributed by atoms with Crippen LogP contribution < -0.4 is 10.6 Å². The van der Waals surface area contributed by atoms with E-state index in [-0.39, 0.29) is 25.4 Å². The number of nitrogens with zero attached hydrogens (tertiary/aromatic N) is 1. The molecule has 3 aromatic rings. The van der Waals surface area contributed by atoms with Crippen LogP contribution in [-0.2, 0) is 14.3 Å². The topological polar surface area (TPSA) is 118 Å². The van der Waals surface area contributed by atoms with Crippen molar-refractivity contribution >= 4 is 39.6 Å². The summed E-state index contributed by atoms with van der Waals surface area (Å²) in [5.74, 6) is -1.75. The number of alkyl carbamates (subject to hydrolysis) is 1. The zero-order valence-corrected chi connectivity index (χ0v) is 20.5. The van der Waals surface area contributed by atoms with Gasteiger partial charge in [0.2, 0.25) is 5.91 Å². The van der Waals surface area contributed by atoms with Gasteiger partial charge < -0.3 is 20.5 Å². The molecule has 4 rings (SSSR count). The van der Waals surface area contributed by atoms with Gasteiger partial charge in [0.05, 0.1) is 11.9 Å². The quantitative estimate of drug-likeness (QED) is 0.377. The smallest absolute Gasteiger partial charge is 0.407 e. The number of aromatic nitrogens is 1. The molecule has 0 radical (unpaired) electrons. The Kier molecular flexibility index (Phi) is 7.45. The van der Waals surface area contributed by atoms with Crippen LogP contribution in [-0.4, -0.2) is 40.7 Å². The van der Waals surface area contributed by atoms with Crippen molar-refractivity contribution in [1.29, 1.82) is 0 Å². The van der Waals surface area contributed by atoms with Crippen LogP contribution in [0.5, 0.6) is 0 Å². The molecule has 2 amide bonds. The second kappa shape index (κ2) is 10.7. The number of nitrogens with one attached hydrogen (secondary N) is 2. The Hall–Kier alpha value is -3.72. The maximum Gasteiger partial charge on any atom is 0.407 e. The summed E-state index contributed by atoms with van der Waals surface area (Å²) in [6.45, 7) is 1.88. The molecule has 1 atom stereocenters. The number of ether oxygens (including phenoxy) is 1. The van der Waals surface area contributed by atoms with Gasteiger partial charge in [-0.25, -0.2) is 4.79 Å². The molecular formula is C26H24BrN3O5. The number of anilines is 1. The maximum absolute atomic E-state index is 12.9. The number of carboxylic acids is 1. The van der Waals surface area contributed by atoms with Crippen molar-refractivity contribution < 1.29 is 24.2 Å². The van der Waals surface area contributed by atoms with Crippen LogP contribution >= 0.6 is 15.9 Å². The van der Waals surface area contributed by atoms with Gasteiger partial charge in [0.25, 0.3) is 0 Å². The van der Waals surface area contributed by atoms with E-state index in [4.69, 9.17) is 9.84 Å². The maximum atomic E-state index is 12.9. The number of pyridine rings is 1. The Balaban J connectivity index is 1.44. The van der Waals surface area contributed by atoms with E-state index >= 15 is 0 Å². The van der Waals surface area contributed by atoms with E-state index < -0.39 is 24.0 Å². The number of carbonyl (C=O) groups is 3. The lowest BCUT2D eigenvalue weighted by Crippen LogP contribution is -2.44. The molecule has 35 heavy (non-hydrogen) atoms. The predicted molar refractivity (Wildman–Crippen MR) is 134 cm³/mol. The highest BCUT2D eigenvalue weighted by Crippen LogP contribution is 2.44. The van der Waals surface area contributed by atoms with Gasteiger partial charge in [-0.2, -0.15) is 0 Å². The number of hydrogen-bond acceptors (Lipinski definition) is 5. The Labute approximate surface area is 210 Å². The Morgan fingerprint density at radius 3 is 2.31 bits per heavy atom. The first-order valence-electron chi connectivity index (χ1n) is 11.1. The van der Waals surface area contributed by atoms with Crippen molar-refractivity contribution in [2.45, 2.75) is 31.7 Å². The molecular weight excluding hydrogens is 514 g/mol. The lowest BCUT2D eigenvalue weighted by molar-refractivity contribution is -0.137. The van der Waals surface area contributed by atoms with Crippen LogP contribution in [0.25, 0.3) is 11.1 Å². The summed E-state index contributed by atoms with van der Waals surface area (Å²) >= 11 is 3.36. The lowest BCUT2D eigenvalue weighted by atomic mass is 9.98. The average Bonchev–Trinajstić information content (AvgIpc) is 3.17. The SMILES string of the molecule is Cc1c(Br)cncc1NC(=O)C(CCC(=O)O)NC(=O)OCC1c2ccccc2-c2ccccc21. The van der Waals surface area contributed by atoms with E-state index in [1.54, 1.807) is 13.1 Å². The fourth-order valence-electron chi connectivity index (χ4n) is 4.16. The van der Waals surface area contributed by atoms with Crippen molar-refractivity contribution in [3.63, 3.8) is 0 Å². The summed E-state index contributed by atoms with van der Waals surface area (Å²) in [5.41, 5.74) is 5.56. The molecule has 0 fully saturated rings. The highest BCUT2D eigenvalue weighted by Gasteiger charge is 2.30. The van der Waals surface area contributed by atoms with Gasteiger partial charge in [0.15, 0.2) is 0 Å². The molecule has 0 saturated heterocycles. The third-order valence-corrected chi connectivity index (χ3v) is 6.81. The molecule has 0 bridgehead atoms. The van der Waals surface area contributed by atoms with Crippen molar-refractivity contribution in [3.8, 4) is 11.1 Å². The monoisotopic (exact) mass is 537 g/mol. The molecule has 3 N–H and O–H groups in total. The molecule has 8 nitrogen and oxygen atoms in total. The van der Waals surface area contributed by atoms with Crippen LogP contribution in [0.1, 0.15) is 35.4 Å². The van der Waals surface area contributed by atoms with Crippen molar-refractivity contribution in [1.82, 2.24) is 10.3 Å². The predicted octanol–water partition coefficient (Wildman–Crippen LogP) is 4.86. The summed E-state index contributed by atoms with van der Waals surface area (Å²) in [4.78, 5) is 40.7. The van der Waals surface area contributed by atoms with Gasteiger partial charge in [-0.05, 0) is 57.1 Å². The van der Waals surface area contributed by atoms with E-state index in [0.29, 0.717) is 10.2 Å². The summed E-state index contributed by atoms with van der Waals surface area (Å²) in [6.07, 6.45) is 1.91. The molecule has 0 saturated carbocycles. The first-order chi connectivity index (χ1) is 16.8. The average molecular weight is 538 g/mol. The van der Waals surface area contributed by atoms with Gasteiger partial charge in [0.1, 0.15) is 12.6 Å². The fraction of sp³-hybridized carbons (Fsp3) is 0.231. The minimum absolute atomic E-state index is 0.0851. The van der Waals surface area contributed by atoms with Gasteiger partial charge in [-0.3, -0.25) is 14.6 Å². The number of hydrogen-bond donors (Lipinski definition) is 3. The second-order valence-electron chi connectivity index (χ2n) is 8.24. The van der Waals surface area contributed by atoms with Crippen LogP contribution in [0, 0.1) is 6.92 Å². The van der Waals surface area contributed by atoms with Crippen LogP contribution in [0.2, 0.25) is 0 Å². The summed E-state index contributed by atoms with van der Waals surface area (Å²) in [7, 11) is 0. The van der Waals surface area contributed by atoms with Gasteiger partial charge in [0, 0.05) is 23.0 Å². The first-order valence-corrected chi connectivity index (χ1v) is 11.9. The molecule has 0 aliphatic heterocycles. The standard InChI is InChI=1S/C26H24BrN3O5/c1-15-21(27)12-28-13-23(15)29-25(33)22(10-11-24(31)32)30-26(34)35-14-20-18-8-4-2-6-16(18)17-7-3-5-9-19(17)20/h2-9,12-13,20,22H,10-11,14H2,1H3,(H,29,33)(H,30,34)(H,31,32). The number of amides is 2. The molecule has 1 aliphatic rings. The highest BCUT2D eigenvalue weighted by molar-refractivity contribution is 9.10. The van der Waals surface area contributed by atoms with E-state index in [0.717, 1.165) is 27.8 Å². The van der Waals surface area contributed by atoms with E-state index in [1.165, 1.54) is 6.20 Å². The Morgan fingerprint density at radius 2 is 1.69 bits per heavy atom. The van der Waals surface area contributed by atoms with Crippen molar-refractivity contribution in [3.05, 3.63) is 82.1 Å². The van der Waals surface area contributed by atoms with Crippen molar-refractivity contribution in [2.75, 3.05) is 11.9 Å². The minimum atomic E-state index is -1.10. The number of carbonyl (C=O) groups excluding carboxylic acids is 2. The summed E-state index contributed by atoms with van der Waals surface area (Å²) in [5, 5.41) is 14.3. The lowest BCUT2D eigenvalue weighted by Gasteiger charge is -2.20. The highest BCUT2D eigenvalue weighted by atomic mass is 79.9. The third-order valence-electron chi connectivity index (χ3n) is 6.01. The molecule has 180 valence electrons. The molecule has 9 heteroatoms. The minimum Gasteiger partial charge on any atom is -0.481 e. The van der Waals surface area contributed by atoms with E-state index in [2.05, 4.69) is 31.5 Å². The molecule has 1 aliphatic carbocycles. The second-order valence-corrected chi connectivity index (χ2v) is 9.09. The summed E-state index contributed by atoms with van der Waals surface area (Å²) in [6, 6.07) is 14.8. The first kappa shape index (κ1) is 24.4. The Morgan fingerprint density at radius 1 is 1.06 bits per heavy atom. The number of fused-ring (bicyclic) bond motifs is 3. The normalized spacial score (nSPS) is 12.9. The summed E-state index contributed by atoms with van der Waals surface area (Å²) < 4.78 is 6.23. The van der Waals surface area contributed by atoms with Gasteiger partial charge in [-0.15, -0.1) is 0 Å². The van der Waals surface area contributed by atoms with E-state index in [1.807, 2.05) is 48.5 Å². The van der Waals surface area contributed by atoms with Crippen LogP contribution in [0.15, 0.2) is 65.4 Å². The number of halogens is 1. The largest absolute Gasteiger partial charge is 0.481 e. The fourth-order valence-corrected chi connectivity index (χ4v) is 4.50. The zero-order chi connectivity index (χ0) is 24.9. The number of benzene rings is 2. The molecule has 2 aromatic carbocycles. The molecule has 1 unspecified atom stereocenters. The number of aliphatic carboxylic acids is 1. The van der Waals surface area contributed by atoms with Crippen LogP contribution in [0.3, 0.4) is 0 Å². The van der Waals surface area contributed by atoms with Crippen molar-refractivity contribution in [2.24, 2.45) is 0 Å². The van der Waals surface area contributed by atoms with Crippen LogP contribution in [0.4, 0.5) is 10.5 Å². The molecule has 1 aromatic heterocycles. The van der Waals surface area contributed by atoms with E-state index in [9.17, 15) is 14.4 Å². The van der Waals surface area contributed by atoms with Gasteiger partial charge >= 0.3 is 12.1 Å².